The van der Waals surface area contributed by atoms with Gasteiger partial charge in [-0.15, -0.1) is 0 Å². The molecule has 192 valence electrons. The number of hydrogen-bond donors (Lipinski definition) is 2. The van der Waals surface area contributed by atoms with E-state index in [4.69, 9.17) is 21.1 Å². The molecule has 1 aliphatic heterocycles. The van der Waals surface area contributed by atoms with Crippen molar-refractivity contribution < 1.29 is 23.9 Å². The number of carbonyl (C=O) groups excluding carboxylic acids is 3. The summed E-state index contributed by atoms with van der Waals surface area (Å²) < 4.78 is 11.0. The van der Waals surface area contributed by atoms with Crippen molar-refractivity contribution in [3.8, 4) is 11.5 Å². The normalized spacial score (nSPS) is 14.8. The Labute approximate surface area is 220 Å². The lowest BCUT2D eigenvalue weighted by Crippen LogP contribution is -2.32. The largest absolute Gasteiger partial charge is 0.494 e. The minimum atomic E-state index is -0.429. The van der Waals surface area contributed by atoms with E-state index in [1.165, 1.54) is 0 Å². The summed E-state index contributed by atoms with van der Waals surface area (Å²) in [6, 6.07) is 21.2. The zero-order chi connectivity index (χ0) is 26.2. The van der Waals surface area contributed by atoms with Gasteiger partial charge >= 0.3 is 0 Å². The zero-order valence-electron chi connectivity index (χ0n) is 20.4. The van der Waals surface area contributed by atoms with E-state index in [0.717, 1.165) is 11.3 Å². The van der Waals surface area contributed by atoms with Gasteiger partial charge in [-0.25, -0.2) is 0 Å². The Balaban J connectivity index is 1.24. The van der Waals surface area contributed by atoms with Crippen LogP contribution in [0.25, 0.3) is 0 Å². The van der Waals surface area contributed by atoms with Crippen LogP contribution in [0.5, 0.6) is 11.5 Å². The summed E-state index contributed by atoms with van der Waals surface area (Å²) in [5, 5.41) is 6.29. The second-order valence-electron chi connectivity index (χ2n) is 8.54. The van der Waals surface area contributed by atoms with Crippen LogP contribution in [-0.4, -0.2) is 37.5 Å². The molecule has 0 saturated carbocycles. The molecule has 0 unspecified atom stereocenters. The number of carbonyl (C=O) groups is 3. The van der Waals surface area contributed by atoms with Gasteiger partial charge in [0.25, 0.3) is 5.91 Å². The predicted molar refractivity (Wildman–Crippen MR) is 142 cm³/mol. The fourth-order valence-electron chi connectivity index (χ4n) is 3.94. The fraction of sp³-hybridized carbons (Fsp3) is 0.250. The lowest BCUT2D eigenvalue weighted by Gasteiger charge is -2.17. The van der Waals surface area contributed by atoms with Crippen LogP contribution < -0.4 is 25.0 Å². The molecule has 0 spiro atoms. The van der Waals surface area contributed by atoms with Crippen LogP contribution in [0.3, 0.4) is 0 Å². The third kappa shape index (κ3) is 7.24. The molecular weight excluding hydrogens is 494 g/mol. The van der Waals surface area contributed by atoms with E-state index < -0.39 is 5.92 Å². The summed E-state index contributed by atoms with van der Waals surface area (Å²) in [4.78, 5) is 39.0. The highest BCUT2D eigenvalue weighted by molar-refractivity contribution is 6.30. The Kier molecular flexibility index (Phi) is 8.64. The van der Waals surface area contributed by atoms with Crippen LogP contribution in [0.4, 0.5) is 11.4 Å². The summed E-state index contributed by atoms with van der Waals surface area (Å²) in [5.41, 5.74) is 2.25. The number of nitrogens with zero attached hydrogens (tertiary/aromatic N) is 1. The monoisotopic (exact) mass is 521 g/mol. The summed E-state index contributed by atoms with van der Waals surface area (Å²) in [6.07, 6.45) is 0.149. The molecule has 1 saturated heterocycles. The first-order chi connectivity index (χ1) is 17.9. The molecular formula is C28H28ClN3O5. The number of benzene rings is 3. The second-order valence-corrected chi connectivity index (χ2v) is 8.97. The van der Waals surface area contributed by atoms with Crippen molar-refractivity contribution in [3.05, 3.63) is 83.4 Å². The van der Waals surface area contributed by atoms with Gasteiger partial charge in [0, 0.05) is 35.9 Å². The van der Waals surface area contributed by atoms with E-state index in [1.54, 1.807) is 65.6 Å². The van der Waals surface area contributed by atoms with E-state index >= 15 is 0 Å². The van der Waals surface area contributed by atoms with Gasteiger partial charge in [0.2, 0.25) is 11.8 Å². The Bertz CT molecular complexity index is 1230. The summed E-state index contributed by atoms with van der Waals surface area (Å²) >= 11 is 5.89. The topological polar surface area (TPSA) is 97.0 Å². The molecule has 1 fully saturated rings. The molecule has 1 heterocycles. The van der Waals surface area contributed by atoms with Gasteiger partial charge in [0.05, 0.1) is 12.5 Å². The number of hydrogen-bond acceptors (Lipinski definition) is 5. The van der Waals surface area contributed by atoms with Crippen LogP contribution in [0.2, 0.25) is 5.02 Å². The first-order valence-electron chi connectivity index (χ1n) is 12.0. The van der Waals surface area contributed by atoms with Gasteiger partial charge in [-0.3, -0.25) is 14.4 Å². The minimum absolute atomic E-state index is 0.116. The van der Waals surface area contributed by atoms with Crippen molar-refractivity contribution in [2.24, 2.45) is 5.92 Å². The van der Waals surface area contributed by atoms with Crippen molar-refractivity contribution in [1.82, 2.24) is 5.32 Å². The van der Waals surface area contributed by atoms with E-state index in [0.29, 0.717) is 41.8 Å². The maximum atomic E-state index is 12.6. The van der Waals surface area contributed by atoms with Gasteiger partial charge in [0.1, 0.15) is 11.5 Å². The minimum Gasteiger partial charge on any atom is -0.494 e. The van der Waals surface area contributed by atoms with Gasteiger partial charge in [0.15, 0.2) is 6.61 Å². The molecule has 8 nitrogen and oxygen atoms in total. The van der Waals surface area contributed by atoms with Crippen LogP contribution in [0.1, 0.15) is 18.9 Å². The third-order valence-electron chi connectivity index (χ3n) is 5.84. The van der Waals surface area contributed by atoms with Crippen LogP contribution in [0, 0.1) is 5.92 Å². The van der Waals surface area contributed by atoms with Crippen molar-refractivity contribution in [2.75, 3.05) is 30.0 Å². The number of rotatable bonds is 10. The molecule has 4 rings (SSSR count). The van der Waals surface area contributed by atoms with Gasteiger partial charge < -0.3 is 25.0 Å². The van der Waals surface area contributed by atoms with E-state index in [2.05, 4.69) is 10.6 Å². The first kappa shape index (κ1) is 26.0. The van der Waals surface area contributed by atoms with E-state index in [9.17, 15) is 14.4 Å². The van der Waals surface area contributed by atoms with E-state index in [1.807, 2.05) is 19.1 Å². The van der Waals surface area contributed by atoms with Crippen LogP contribution >= 0.6 is 11.6 Å². The number of anilines is 2. The highest BCUT2D eigenvalue weighted by Gasteiger charge is 2.35. The lowest BCUT2D eigenvalue weighted by atomic mass is 10.1. The van der Waals surface area contributed by atoms with Gasteiger partial charge in [-0.2, -0.15) is 0 Å². The maximum absolute atomic E-state index is 12.6. The Hall–Kier alpha value is -4.04. The highest BCUT2D eigenvalue weighted by Crippen LogP contribution is 2.27. The van der Waals surface area contributed by atoms with Crippen molar-refractivity contribution >= 4 is 40.7 Å². The molecule has 1 aliphatic rings. The fourth-order valence-corrected chi connectivity index (χ4v) is 4.06. The van der Waals surface area contributed by atoms with Crippen molar-refractivity contribution in [2.45, 2.75) is 19.9 Å². The lowest BCUT2D eigenvalue weighted by molar-refractivity contribution is -0.126. The molecule has 0 radical (unpaired) electrons. The van der Waals surface area contributed by atoms with E-state index in [-0.39, 0.29) is 30.7 Å². The number of halogens is 1. The Morgan fingerprint density at radius 1 is 0.946 bits per heavy atom. The molecule has 0 bridgehead atoms. The number of ether oxygens (including phenoxy) is 2. The standard InChI is InChI=1S/C28H28ClN3O5/c1-2-36-24-11-7-22(8-12-24)31-26(33)18-37-25-13-9-23(10-14-25)32-17-20(15-27(32)34)28(35)30-16-19-3-5-21(29)6-4-19/h3-14,20H,2,15-18H2,1H3,(H,30,35)(H,31,33)/t20-/m0/s1. The molecule has 2 N–H and O–H groups in total. The molecule has 3 aromatic carbocycles. The third-order valence-corrected chi connectivity index (χ3v) is 6.10. The average molecular weight is 522 g/mol. The second kappa shape index (κ2) is 12.3. The average Bonchev–Trinajstić information content (AvgIpc) is 3.30. The van der Waals surface area contributed by atoms with Gasteiger partial charge in [-0.05, 0) is 73.2 Å². The molecule has 37 heavy (non-hydrogen) atoms. The molecule has 9 heteroatoms. The van der Waals surface area contributed by atoms with Crippen LogP contribution in [0.15, 0.2) is 72.8 Å². The number of amides is 3. The molecule has 0 aliphatic carbocycles. The van der Waals surface area contributed by atoms with Crippen molar-refractivity contribution in [1.29, 1.82) is 0 Å². The maximum Gasteiger partial charge on any atom is 0.262 e. The first-order valence-corrected chi connectivity index (χ1v) is 12.4. The van der Waals surface area contributed by atoms with Crippen molar-refractivity contribution in [3.63, 3.8) is 0 Å². The summed E-state index contributed by atoms with van der Waals surface area (Å²) in [5.74, 6) is 0.226. The Morgan fingerprint density at radius 2 is 1.59 bits per heavy atom. The zero-order valence-corrected chi connectivity index (χ0v) is 21.2. The molecule has 3 amide bonds. The predicted octanol–water partition coefficient (Wildman–Crippen LogP) is 4.43. The van der Waals surface area contributed by atoms with Crippen LogP contribution in [-0.2, 0) is 20.9 Å². The summed E-state index contributed by atoms with van der Waals surface area (Å²) in [6.45, 7) is 2.99. The molecule has 1 atom stereocenters. The molecule has 0 aromatic heterocycles. The van der Waals surface area contributed by atoms with Gasteiger partial charge in [-0.1, -0.05) is 23.7 Å². The molecule has 3 aromatic rings. The smallest absolute Gasteiger partial charge is 0.262 e. The Morgan fingerprint density at radius 3 is 2.27 bits per heavy atom. The number of nitrogens with one attached hydrogen (secondary N) is 2. The summed E-state index contributed by atoms with van der Waals surface area (Å²) in [7, 11) is 0. The quantitative estimate of drug-likeness (QED) is 0.411. The SMILES string of the molecule is CCOc1ccc(NC(=O)COc2ccc(N3C[C@@H](C(=O)NCc4ccc(Cl)cc4)CC3=O)cc2)cc1. The highest BCUT2D eigenvalue weighted by atomic mass is 35.5.